The lowest BCUT2D eigenvalue weighted by atomic mass is 9.88. The fourth-order valence-electron chi connectivity index (χ4n) is 2.78. The smallest absolute Gasteiger partial charge is 0.314 e. The van der Waals surface area contributed by atoms with Gasteiger partial charge < -0.3 is 10.1 Å². The molecule has 4 nitrogen and oxygen atoms in total. The van der Waals surface area contributed by atoms with Crippen LogP contribution in [-0.2, 0) is 4.79 Å². The van der Waals surface area contributed by atoms with E-state index in [1.54, 1.807) is 0 Å². The topological polar surface area (TPSA) is 66.0 Å². The van der Waals surface area contributed by atoms with Crippen molar-refractivity contribution >= 4 is 17.0 Å². The van der Waals surface area contributed by atoms with Crippen molar-refractivity contribution in [1.29, 1.82) is 0 Å². The number of H-pyrrole nitrogens is 1. The van der Waals surface area contributed by atoms with Crippen molar-refractivity contribution in [3.05, 3.63) is 30.1 Å². The molecule has 0 amide bonds. The molecule has 0 bridgehead atoms. The zero-order valence-corrected chi connectivity index (χ0v) is 12.8. The number of carboxylic acids is 1. The summed E-state index contributed by atoms with van der Waals surface area (Å²) in [5, 5.41) is 9.56. The standard InChI is InChI=1S/C17H24N2O2/c1-3-5-8-12(4-2)11-13(17(20)21)16-18-14-9-6-7-10-15(14)19-16/h6-7,9-10,12-13H,3-5,8,11H2,1-2H3,(H,18,19)(H,20,21). The van der Waals surface area contributed by atoms with Crippen molar-refractivity contribution < 1.29 is 9.90 Å². The largest absolute Gasteiger partial charge is 0.481 e. The number of imidazole rings is 1. The average Bonchev–Trinajstić information content (AvgIpc) is 2.90. The zero-order chi connectivity index (χ0) is 15.2. The van der Waals surface area contributed by atoms with Crippen molar-refractivity contribution in [3.63, 3.8) is 0 Å². The normalized spacial score (nSPS) is 14.2. The van der Waals surface area contributed by atoms with E-state index in [9.17, 15) is 9.90 Å². The number of hydrogen-bond donors (Lipinski definition) is 2. The molecule has 2 aromatic rings. The Morgan fingerprint density at radius 3 is 2.71 bits per heavy atom. The highest BCUT2D eigenvalue weighted by molar-refractivity contribution is 5.79. The zero-order valence-electron chi connectivity index (χ0n) is 12.8. The molecule has 0 saturated carbocycles. The minimum Gasteiger partial charge on any atom is -0.481 e. The molecule has 2 atom stereocenters. The molecule has 114 valence electrons. The van der Waals surface area contributed by atoms with Gasteiger partial charge in [-0.25, -0.2) is 4.98 Å². The SMILES string of the molecule is CCCCC(CC)CC(C(=O)O)c1nc2ccccc2[nH]1. The van der Waals surface area contributed by atoms with Crippen LogP contribution in [0.25, 0.3) is 11.0 Å². The first-order chi connectivity index (χ1) is 10.2. The average molecular weight is 288 g/mol. The molecule has 2 N–H and O–H groups in total. The molecule has 1 aromatic heterocycles. The minimum atomic E-state index is -0.788. The maximum Gasteiger partial charge on any atom is 0.314 e. The first kappa shape index (κ1) is 15.5. The second-order valence-corrected chi connectivity index (χ2v) is 5.68. The number of carbonyl (C=O) groups is 1. The fourth-order valence-corrected chi connectivity index (χ4v) is 2.78. The summed E-state index contributed by atoms with van der Waals surface area (Å²) in [4.78, 5) is 19.3. The first-order valence-corrected chi connectivity index (χ1v) is 7.83. The highest BCUT2D eigenvalue weighted by Crippen LogP contribution is 2.28. The van der Waals surface area contributed by atoms with Gasteiger partial charge in [-0.3, -0.25) is 4.79 Å². The number of fused-ring (bicyclic) bond motifs is 1. The molecule has 0 saturated heterocycles. The van der Waals surface area contributed by atoms with Gasteiger partial charge in [0, 0.05) is 0 Å². The number of nitrogens with zero attached hydrogens (tertiary/aromatic N) is 1. The number of unbranched alkanes of at least 4 members (excludes halogenated alkanes) is 1. The lowest BCUT2D eigenvalue weighted by molar-refractivity contribution is -0.139. The summed E-state index contributed by atoms with van der Waals surface area (Å²) in [6.45, 7) is 4.30. The number of nitrogens with one attached hydrogen (secondary N) is 1. The van der Waals surface area contributed by atoms with E-state index in [0.29, 0.717) is 18.2 Å². The van der Waals surface area contributed by atoms with E-state index in [1.807, 2.05) is 24.3 Å². The van der Waals surface area contributed by atoms with Gasteiger partial charge in [-0.05, 0) is 24.5 Å². The van der Waals surface area contributed by atoms with Crippen molar-refractivity contribution in [2.45, 2.75) is 51.9 Å². The van der Waals surface area contributed by atoms with Crippen LogP contribution in [0.3, 0.4) is 0 Å². The van der Waals surface area contributed by atoms with Crippen LogP contribution >= 0.6 is 0 Å². The Balaban J connectivity index is 2.19. The quantitative estimate of drug-likeness (QED) is 0.759. The van der Waals surface area contributed by atoms with Crippen LogP contribution in [0.5, 0.6) is 0 Å². The van der Waals surface area contributed by atoms with Gasteiger partial charge in [-0.15, -0.1) is 0 Å². The highest BCUT2D eigenvalue weighted by atomic mass is 16.4. The number of aliphatic carboxylic acids is 1. The molecule has 0 aliphatic heterocycles. The number of aromatic amines is 1. The maximum absolute atomic E-state index is 11.6. The summed E-state index contributed by atoms with van der Waals surface area (Å²) in [5.74, 6) is -0.305. The predicted molar refractivity (Wildman–Crippen MR) is 84.4 cm³/mol. The molecule has 0 aliphatic rings. The molecule has 1 heterocycles. The molecular formula is C17H24N2O2. The fraction of sp³-hybridized carbons (Fsp3) is 0.529. The van der Waals surface area contributed by atoms with Crippen LogP contribution in [0.4, 0.5) is 0 Å². The van der Waals surface area contributed by atoms with Crippen molar-refractivity contribution in [3.8, 4) is 0 Å². The number of rotatable bonds is 8. The number of benzene rings is 1. The van der Waals surface area contributed by atoms with Crippen molar-refractivity contribution in [2.75, 3.05) is 0 Å². The summed E-state index contributed by atoms with van der Waals surface area (Å²) in [6.07, 6.45) is 5.08. The van der Waals surface area contributed by atoms with Crippen LogP contribution in [0.2, 0.25) is 0 Å². The van der Waals surface area contributed by atoms with Gasteiger partial charge in [-0.2, -0.15) is 0 Å². The summed E-state index contributed by atoms with van der Waals surface area (Å²) in [5.41, 5.74) is 1.74. The Bertz CT molecular complexity index is 558. The van der Waals surface area contributed by atoms with Crippen molar-refractivity contribution in [2.24, 2.45) is 5.92 Å². The number of carboxylic acid groups (broad SMARTS) is 1. The summed E-state index contributed by atoms with van der Waals surface area (Å²) >= 11 is 0. The van der Waals surface area contributed by atoms with Gasteiger partial charge in [-0.1, -0.05) is 51.7 Å². The Kier molecular flexibility index (Phi) is 5.37. The van der Waals surface area contributed by atoms with Gasteiger partial charge in [0.2, 0.25) is 0 Å². The Labute approximate surface area is 125 Å². The van der Waals surface area contributed by atoms with E-state index >= 15 is 0 Å². The van der Waals surface area contributed by atoms with E-state index in [1.165, 1.54) is 0 Å². The molecule has 2 unspecified atom stereocenters. The third kappa shape index (κ3) is 3.84. The molecular weight excluding hydrogens is 264 g/mol. The summed E-state index contributed by atoms with van der Waals surface area (Å²) < 4.78 is 0. The van der Waals surface area contributed by atoms with Crippen LogP contribution in [0, 0.1) is 5.92 Å². The Morgan fingerprint density at radius 2 is 2.10 bits per heavy atom. The summed E-state index contributed by atoms with van der Waals surface area (Å²) in [7, 11) is 0. The van der Waals surface area contributed by atoms with Gasteiger partial charge in [0.05, 0.1) is 11.0 Å². The van der Waals surface area contributed by atoms with Crippen LogP contribution in [-0.4, -0.2) is 21.0 Å². The van der Waals surface area contributed by atoms with Crippen molar-refractivity contribution in [1.82, 2.24) is 9.97 Å². The molecule has 4 heteroatoms. The van der Waals surface area contributed by atoms with E-state index in [-0.39, 0.29) is 0 Å². The van der Waals surface area contributed by atoms with Crippen LogP contribution in [0.1, 0.15) is 57.7 Å². The third-order valence-electron chi connectivity index (χ3n) is 4.15. The molecule has 0 fully saturated rings. The summed E-state index contributed by atoms with van der Waals surface area (Å²) in [6, 6.07) is 7.68. The number of para-hydroxylation sites is 2. The van der Waals surface area contributed by atoms with Gasteiger partial charge in [0.25, 0.3) is 0 Å². The van der Waals surface area contributed by atoms with Crippen LogP contribution < -0.4 is 0 Å². The molecule has 0 aliphatic carbocycles. The molecule has 0 radical (unpaired) electrons. The maximum atomic E-state index is 11.6. The highest BCUT2D eigenvalue weighted by Gasteiger charge is 2.26. The second kappa shape index (κ2) is 7.25. The van der Waals surface area contributed by atoms with E-state index in [4.69, 9.17) is 0 Å². The lowest BCUT2D eigenvalue weighted by Gasteiger charge is -2.18. The minimum absolute atomic E-state index is 0.444. The monoisotopic (exact) mass is 288 g/mol. The molecule has 2 rings (SSSR count). The van der Waals surface area contributed by atoms with Crippen LogP contribution in [0.15, 0.2) is 24.3 Å². The molecule has 21 heavy (non-hydrogen) atoms. The first-order valence-electron chi connectivity index (χ1n) is 7.83. The van der Waals surface area contributed by atoms with E-state index in [0.717, 1.165) is 36.7 Å². The molecule has 0 spiro atoms. The Morgan fingerprint density at radius 1 is 1.33 bits per heavy atom. The third-order valence-corrected chi connectivity index (χ3v) is 4.15. The number of aromatic nitrogens is 2. The van der Waals surface area contributed by atoms with E-state index in [2.05, 4.69) is 23.8 Å². The predicted octanol–water partition coefficient (Wildman–Crippen LogP) is 4.34. The second-order valence-electron chi connectivity index (χ2n) is 5.68. The van der Waals surface area contributed by atoms with Gasteiger partial charge in [0.1, 0.15) is 11.7 Å². The molecule has 1 aromatic carbocycles. The Hall–Kier alpha value is -1.84. The number of hydrogen-bond acceptors (Lipinski definition) is 2. The van der Waals surface area contributed by atoms with E-state index < -0.39 is 11.9 Å². The van der Waals surface area contributed by atoms with Gasteiger partial charge >= 0.3 is 5.97 Å². The van der Waals surface area contributed by atoms with Gasteiger partial charge in [0.15, 0.2) is 0 Å². The lowest BCUT2D eigenvalue weighted by Crippen LogP contribution is -2.17.